The summed E-state index contributed by atoms with van der Waals surface area (Å²) in [5, 5.41) is 3.25. The van der Waals surface area contributed by atoms with Gasteiger partial charge in [-0.05, 0) is 88.6 Å². The fraction of sp³-hybridized carbons (Fsp3) is 0.395. The third-order valence-electron chi connectivity index (χ3n) is 9.81. The summed E-state index contributed by atoms with van der Waals surface area (Å²) < 4.78 is 36.4. The maximum atomic E-state index is 14.8. The van der Waals surface area contributed by atoms with Crippen molar-refractivity contribution in [1.29, 1.82) is 0 Å². The Labute approximate surface area is 339 Å². The van der Waals surface area contributed by atoms with E-state index in [-0.39, 0.29) is 24.1 Å². The molecule has 5 aromatic rings. The normalized spacial score (nSPS) is 15.1. The number of pyridine rings is 2. The molecule has 1 fully saturated rings. The molecule has 1 unspecified atom stereocenters. The van der Waals surface area contributed by atoms with Gasteiger partial charge in [-0.1, -0.05) is 24.3 Å². The Morgan fingerprint density at radius 2 is 1.53 bits per heavy atom. The highest BCUT2D eigenvalue weighted by molar-refractivity contribution is 5.75. The molecule has 6 rings (SSSR count). The van der Waals surface area contributed by atoms with Crippen molar-refractivity contribution < 1.29 is 28.1 Å². The Bertz CT molecular complexity index is 2130. The van der Waals surface area contributed by atoms with E-state index in [2.05, 4.69) is 33.9 Å². The number of rotatable bonds is 13. The molecule has 0 aliphatic carbocycles. The number of hydrogen-bond donors (Lipinski definition) is 1. The van der Waals surface area contributed by atoms with Crippen LogP contribution in [0.15, 0.2) is 73.1 Å². The topological polar surface area (TPSA) is 140 Å². The summed E-state index contributed by atoms with van der Waals surface area (Å²) in [5.74, 6) is 2.53. The molecule has 4 heterocycles. The highest BCUT2D eigenvalue weighted by Crippen LogP contribution is 2.34. The highest BCUT2D eigenvalue weighted by atomic mass is 19.1. The van der Waals surface area contributed by atoms with Crippen LogP contribution in [0.5, 0.6) is 17.4 Å². The molecular weight excluding hydrogens is 742 g/mol. The number of carbonyl (C=O) groups is 1. The number of carbonyl (C=O) groups excluding carboxylic acids is 1. The predicted molar refractivity (Wildman–Crippen MR) is 220 cm³/mol. The van der Waals surface area contributed by atoms with Gasteiger partial charge in [0.25, 0.3) is 0 Å². The molecule has 2 atom stereocenters. The molecule has 1 saturated heterocycles. The number of ether oxygens (including phenoxy) is 4. The third-order valence-corrected chi connectivity index (χ3v) is 9.81. The molecule has 58 heavy (non-hydrogen) atoms. The van der Waals surface area contributed by atoms with Crippen molar-refractivity contribution in [2.75, 3.05) is 51.2 Å². The Hall–Kier alpha value is -6.09. The smallest absolute Gasteiger partial charge is 0.410 e. The lowest BCUT2D eigenvalue weighted by atomic mass is 10.0. The van der Waals surface area contributed by atoms with E-state index in [1.807, 2.05) is 82.3 Å². The Morgan fingerprint density at radius 1 is 0.897 bits per heavy atom. The van der Waals surface area contributed by atoms with E-state index in [9.17, 15) is 9.18 Å². The van der Waals surface area contributed by atoms with E-state index in [0.29, 0.717) is 67.4 Å². The second-order valence-electron chi connectivity index (χ2n) is 15.3. The number of nitrogens with one attached hydrogen (secondary N) is 1. The van der Waals surface area contributed by atoms with Gasteiger partial charge in [0.15, 0.2) is 11.6 Å². The van der Waals surface area contributed by atoms with Gasteiger partial charge in [0.2, 0.25) is 11.8 Å². The van der Waals surface area contributed by atoms with Crippen LogP contribution in [0.1, 0.15) is 63.2 Å². The SMILES string of the molecule is COc1ccc(CN(Cc2ccc(OC)cc2)c2nc(C)nc(-c3cc([C@H](C)N4CCN(C(=O)OC(C)(C)C)CC4C)cnc3Nc3cnc(OC)c(F)c3)n2)cc1. The van der Waals surface area contributed by atoms with E-state index >= 15 is 0 Å². The standard InChI is InChI=1S/C43H52FN9O5/c1-27-24-51(42(54)58-43(4,5)6)18-19-53(27)28(2)32-20-36(38(45-22-32)49-33-21-37(44)40(57-9)46-23-33)39-47-29(3)48-41(50-39)52(25-30-10-14-34(55-7)15-11-30)26-31-12-16-35(56-8)17-13-31/h10-17,20-23,27-28H,18-19,24-26H2,1-9H3,(H,45,49)/t27?,28-/m0/s1. The minimum atomic E-state index is -0.621. The van der Waals surface area contributed by atoms with Crippen LogP contribution in [0.3, 0.4) is 0 Å². The summed E-state index contributed by atoms with van der Waals surface area (Å²) in [6, 6.07) is 19.0. The van der Waals surface area contributed by atoms with E-state index in [1.165, 1.54) is 19.4 Å². The van der Waals surface area contributed by atoms with Crippen molar-refractivity contribution in [3.8, 4) is 28.8 Å². The molecule has 14 nitrogen and oxygen atoms in total. The molecule has 0 radical (unpaired) electrons. The fourth-order valence-electron chi connectivity index (χ4n) is 6.82. The first kappa shape index (κ1) is 41.5. The summed E-state index contributed by atoms with van der Waals surface area (Å²) in [6.45, 7) is 14.3. The van der Waals surface area contributed by atoms with Crippen LogP contribution in [-0.2, 0) is 17.8 Å². The van der Waals surface area contributed by atoms with E-state index in [4.69, 9.17) is 38.9 Å². The minimum Gasteiger partial charge on any atom is -0.497 e. The van der Waals surface area contributed by atoms with Gasteiger partial charge < -0.3 is 34.1 Å². The minimum absolute atomic E-state index is 0.0290. The van der Waals surface area contributed by atoms with Crippen molar-refractivity contribution in [2.45, 2.75) is 72.3 Å². The molecule has 1 amide bonds. The predicted octanol–water partition coefficient (Wildman–Crippen LogP) is 7.75. The average molecular weight is 794 g/mol. The number of amides is 1. The molecule has 1 aliphatic heterocycles. The van der Waals surface area contributed by atoms with Gasteiger partial charge in [-0.15, -0.1) is 0 Å². The lowest BCUT2D eigenvalue weighted by molar-refractivity contribution is -0.000739. The van der Waals surface area contributed by atoms with Gasteiger partial charge in [0.05, 0.1) is 38.8 Å². The van der Waals surface area contributed by atoms with Crippen LogP contribution in [-0.4, -0.2) is 93.4 Å². The molecule has 1 aliphatic rings. The number of halogens is 1. The molecule has 0 spiro atoms. The van der Waals surface area contributed by atoms with Crippen LogP contribution in [0.25, 0.3) is 11.4 Å². The summed E-state index contributed by atoms with van der Waals surface area (Å²) in [6.07, 6.45) is 2.96. The molecule has 0 bridgehead atoms. The molecule has 3 aromatic heterocycles. The average Bonchev–Trinajstić information content (AvgIpc) is 3.20. The van der Waals surface area contributed by atoms with E-state index in [0.717, 1.165) is 28.2 Å². The quantitative estimate of drug-likeness (QED) is 0.124. The van der Waals surface area contributed by atoms with E-state index < -0.39 is 11.4 Å². The highest BCUT2D eigenvalue weighted by Gasteiger charge is 2.33. The van der Waals surface area contributed by atoms with Crippen LogP contribution in [0.4, 0.5) is 26.6 Å². The number of benzene rings is 2. The van der Waals surface area contributed by atoms with Crippen LogP contribution in [0.2, 0.25) is 0 Å². The van der Waals surface area contributed by atoms with Gasteiger partial charge >= 0.3 is 6.09 Å². The number of nitrogens with zero attached hydrogens (tertiary/aromatic N) is 8. The zero-order valence-corrected chi connectivity index (χ0v) is 34.6. The van der Waals surface area contributed by atoms with Crippen molar-refractivity contribution in [3.63, 3.8) is 0 Å². The van der Waals surface area contributed by atoms with Gasteiger partial charge in [-0.25, -0.2) is 24.1 Å². The fourth-order valence-corrected chi connectivity index (χ4v) is 6.82. The number of aromatic nitrogens is 5. The number of piperazine rings is 1. The van der Waals surface area contributed by atoms with Crippen LogP contribution < -0.4 is 24.4 Å². The van der Waals surface area contributed by atoms with Crippen molar-refractivity contribution in [2.24, 2.45) is 0 Å². The Kier molecular flexibility index (Phi) is 12.9. The Morgan fingerprint density at radius 3 is 2.09 bits per heavy atom. The summed E-state index contributed by atoms with van der Waals surface area (Å²) in [7, 11) is 4.65. The van der Waals surface area contributed by atoms with Crippen molar-refractivity contribution in [1.82, 2.24) is 34.7 Å². The number of hydrogen-bond acceptors (Lipinski definition) is 13. The lowest BCUT2D eigenvalue weighted by Gasteiger charge is -2.43. The maximum Gasteiger partial charge on any atom is 0.410 e. The van der Waals surface area contributed by atoms with Gasteiger partial charge in [0, 0.05) is 57.1 Å². The molecule has 1 N–H and O–H groups in total. The van der Waals surface area contributed by atoms with Gasteiger partial charge in [0.1, 0.15) is 28.7 Å². The second-order valence-corrected chi connectivity index (χ2v) is 15.3. The summed E-state index contributed by atoms with van der Waals surface area (Å²) in [5.41, 5.74) is 3.34. The molecule has 2 aromatic carbocycles. The number of anilines is 3. The molecule has 306 valence electrons. The summed E-state index contributed by atoms with van der Waals surface area (Å²) >= 11 is 0. The molecule has 0 saturated carbocycles. The summed E-state index contributed by atoms with van der Waals surface area (Å²) in [4.78, 5) is 42.8. The monoisotopic (exact) mass is 793 g/mol. The zero-order chi connectivity index (χ0) is 41.6. The first-order chi connectivity index (χ1) is 27.7. The number of aryl methyl sites for hydroxylation is 1. The number of methoxy groups -OCH3 is 3. The lowest BCUT2D eigenvalue weighted by Crippen LogP contribution is -2.54. The van der Waals surface area contributed by atoms with Gasteiger partial charge in [-0.3, -0.25) is 4.90 Å². The van der Waals surface area contributed by atoms with Crippen molar-refractivity contribution in [3.05, 3.63) is 101 Å². The first-order valence-corrected chi connectivity index (χ1v) is 19.2. The van der Waals surface area contributed by atoms with Crippen LogP contribution >= 0.6 is 0 Å². The molecule has 15 heteroatoms. The second kappa shape index (κ2) is 18.0. The largest absolute Gasteiger partial charge is 0.497 e. The van der Waals surface area contributed by atoms with E-state index in [1.54, 1.807) is 25.3 Å². The van der Waals surface area contributed by atoms with Crippen molar-refractivity contribution >= 4 is 23.5 Å². The molecular formula is C43H52FN9O5. The maximum absolute atomic E-state index is 14.8. The third kappa shape index (κ3) is 10.3. The van der Waals surface area contributed by atoms with Gasteiger partial charge in [-0.2, -0.15) is 9.97 Å². The zero-order valence-electron chi connectivity index (χ0n) is 34.6. The first-order valence-electron chi connectivity index (χ1n) is 19.2. The Balaban J connectivity index is 1.38. The van der Waals surface area contributed by atoms with Crippen LogP contribution in [0, 0.1) is 12.7 Å².